The molecule has 2 aromatic carbocycles. The molecule has 1 atom stereocenters. The predicted octanol–water partition coefficient (Wildman–Crippen LogP) is 7.14. The van der Waals surface area contributed by atoms with Gasteiger partial charge in [-0.1, -0.05) is 23.7 Å². The molecule has 0 bridgehead atoms. The molecule has 0 aliphatic heterocycles. The van der Waals surface area contributed by atoms with E-state index in [1.165, 1.54) is 23.5 Å². The Hall–Kier alpha value is -1.97. The summed E-state index contributed by atoms with van der Waals surface area (Å²) >= 11 is 8.66. The molecule has 10 heteroatoms. The van der Waals surface area contributed by atoms with Crippen LogP contribution in [0.4, 0.5) is 23.4 Å². The quantitative estimate of drug-likeness (QED) is 0.324. The van der Waals surface area contributed by atoms with E-state index in [4.69, 9.17) is 16.3 Å². The first-order valence-corrected chi connectivity index (χ1v) is 10.6. The second-order valence-corrected chi connectivity index (χ2v) is 8.28. The molecule has 1 aliphatic carbocycles. The van der Waals surface area contributed by atoms with Gasteiger partial charge < -0.3 is 9.46 Å². The monoisotopic (exact) mass is 460 g/mol. The second-order valence-electron chi connectivity index (χ2n) is 6.31. The zero-order valence-electron chi connectivity index (χ0n) is 14.6. The van der Waals surface area contributed by atoms with Crippen molar-refractivity contribution >= 4 is 40.7 Å². The summed E-state index contributed by atoms with van der Waals surface area (Å²) in [5.74, 6) is 0.135. The summed E-state index contributed by atoms with van der Waals surface area (Å²) in [6.45, 7) is 0. The van der Waals surface area contributed by atoms with E-state index in [1.54, 1.807) is 17.0 Å². The Morgan fingerprint density at radius 2 is 2.10 bits per heavy atom. The average molecular weight is 461 g/mol. The molecule has 4 rings (SSSR count). The molecule has 0 saturated carbocycles. The maximum Gasteiger partial charge on any atom is 0.416 e. The summed E-state index contributed by atoms with van der Waals surface area (Å²) in [6.07, 6.45) is -4.44. The smallest absolute Gasteiger partial charge is 0.416 e. The van der Waals surface area contributed by atoms with E-state index in [0.29, 0.717) is 17.8 Å². The topological polar surface area (TPSA) is 34.1 Å². The van der Waals surface area contributed by atoms with Gasteiger partial charge in [0.25, 0.3) is 0 Å². The van der Waals surface area contributed by atoms with Crippen molar-refractivity contribution in [1.82, 2.24) is 4.98 Å². The van der Waals surface area contributed by atoms with E-state index in [1.807, 2.05) is 0 Å². The fourth-order valence-electron chi connectivity index (χ4n) is 3.21. The number of nitrogens with zero attached hydrogens (tertiary/aromatic N) is 1. The first-order chi connectivity index (χ1) is 13.8. The number of anilines is 1. The van der Waals surface area contributed by atoms with Crippen molar-refractivity contribution in [2.24, 2.45) is 0 Å². The molecule has 0 spiro atoms. The van der Waals surface area contributed by atoms with Crippen molar-refractivity contribution in [2.75, 3.05) is 4.72 Å². The summed E-state index contributed by atoms with van der Waals surface area (Å²) in [5.41, 5.74) is 1.67. The van der Waals surface area contributed by atoms with Crippen molar-refractivity contribution < 1.29 is 22.3 Å². The Kier molecular flexibility index (Phi) is 5.63. The lowest BCUT2D eigenvalue weighted by Crippen LogP contribution is -2.10. The highest BCUT2D eigenvalue weighted by molar-refractivity contribution is 8.00. The zero-order chi connectivity index (χ0) is 20.6. The number of rotatable bonds is 5. The van der Waals surface area contributed by atoms with Gasteiger partial charge in [-0.2, -0.15) is 13.2 Å². The van der Waals surface area contributed by atoms with Gasteiger partial charge in [0.1, 0.15) is 23.5 Å². The third kappa shape index (κ3) is 4.31. The van der Waals surface area contributed by atoms with Crippen LogP contribution in [0.3, 0.4) is 0 Å². The molecule has 152 valence electrons. The Balaban J connectivity index is 1.53. The molecule has 0 amide bonds. The van der Waals surface area contributed by atoms with Crippen molar-refractivity contribution in [3.8, 4) is 5.75 Å². The Bertz CT molecular complexity index is 1030. The number of hydrogen-bond donors (Lipinski definition) is 1. The van der Waals surface area contributed by atoms with Crippen molar-refractivity contribution in [2.45, 2.75) is 30.0 Å². The van der Waals surface area contributed by atoms with E-state index >= 15 is 0 Å². The molecule has 3 nitrogen and oxygen atoms in total. The van der Waals surface area contributed by atoms with Gasteiger partial charge in [-0.15, -0.1) is 11.3 Å². The van der Waals surface area contributed by atoms with E-state index in [-0.39, 0.29) is 27.7 Å². The summed E-state index contributed by atoms with van der Waals surface area (Å²) in [5, 5.41) is 1.95. The summed E-state index contributed by atoms with van der Waals surface area (Å²) < 4.78 is 62.8. The van der Waals surface area contributed by atoms with Gasteiger partial charge in [0.05, 0.1) is 21.0 Å². The number of aromatic nitrogens is 1. The van der Waals surface area contributed by atoms with E-state index in [2.05, 4.69) is 9.71 Å². The van der Waals surface area contributed by atoms with Gasteiger partial charge in [-0.3, -0.25) is 0 Å². The standard InChI is InChI=1S/C19H13ClF4N2OS2/c20-13-6-17(29-26-18-8-28-9-25-18)14(21)7-16(13)27-15-5-4-10-11(15)2-1-3-12(10)19(22,23)24/h1-3,6-9,15,26H,4-5H2. The molecule has 1 aliphatic rings. The molecule has 3 aromatic rings. The van der Waals surface area contributed by atoms with Gasteiger partial charge in [0.15, 0.2) is 0 Å². The minimum Gasteiger partial charge on any atom is -0.484 e. The number of fused-ring (bicyclic) bond motifs is 1. The number of benzene rings is 2. The third-order valence-corrected chi connectivity index (χ3v) is 6.20. The largest absolute Gasteiger partial charge is 0.484 e. The van der Waals surface area contributed by atoms with Gasteiger partial charge >= 0.3 is 6.18 Å². The summed E-state index contributed by atoms with van der Waals surface area (Å²) in [6, 6.07) is 6.59. The number of ether oxygens (including phenoxy) is 1. The first-order valence-electron chi connectivity index (χ1n) is 8.48. The van der Waals surface area contributed by atoms with Crippen LogP contribution in [0.2, 0.25) is 5.02 Å². The van der Waals surface area contributed by atoms with Gasteiger partial charge in [-0.25, -0.2) is 9.37 Å². The molecule has 0 fully saturated rings. The number of nitrogens with one attached hydrogen (secondary N) is 1. The van der Waals surface area contributed by atoms with E-state index < -0.39 is 23.7 Å². The van der Waals surface area contributed by atoms with Crippen LogP contribution < -0.4 is 9.46 Å². The van der Waals surface area contributed by atoms with Crippen molar-refractivity contribution in [1.29, 1.82) is 0 Å². The van der Waals surface area contributed by atoms with Gasteiger partial charge in [0.2, 0.25) is 0 Å². The molecule has 1 N–H and O–H groups in total. The van der Waals surface area contributed by atoms with Crippen LogP contribution >= 0.6 is 34.9 Å². The Labute approximate surface area is 177 Å². The minimum absolute atomic E-state index is 0.0948. The number of hydrogen-bond acceptors (Lipinski definition) is 5. The molecular weight excluding hydrogens is 448 g/mol. The van der Waals surface area contributed by atoms with E-state index in [9.17, 15) is 17.6 Å². The summed E-state index contributed by atoms with van der Waals surface area (Å²) in [7, 11) is 0. The van der Waals surface area contributed by atoms with Crippen LogP contribution in [0, 0.1) is 5.82 Å². The molecule has 0 saturated heterocycles. The van der Waals surface area contributed by atoms with Crippen molar-refractivity contribution in [3.63, 3.8) is 0 Å². The predicted molar refractivity (Wildman–Crippen MR) is 106 cm³/mol. The van der Waals surface area contributed by atoms with Crippen LogP contribution in [-0.2, 0) is 12.6 Å². The first kappa shape index (κ1) is 20.3. The number of thiazole rings is 1. The molecule has 29 heavy (non-hydrogen) atoms. The highest BCUT2D eigenvalue weighted by Gasteiger charge is 2.37. The highest BCUT2D eigenvalue weighted by atomic mass is 35.5. The lowest BCUT2D eigenvalue weighted by Gasteiger charge is -2.18. The van der Waals surface area contributed by atoms with Gasteiger partial charge in [0, 0.05) is 11.4 Å². The third-order valence-electron chi connectivity index (χ3n) is 4.47. The number of alkyl halides is 3. The zero-order valence-corrected chi connectivity index (χ0v) is 17.0. The lowest BCUT2D eigenvalue weighted by atomic mass is 10.0. The SMILES string of the molecule is Fc1cc(OC2CCc3c2cccc3C(F)(F)F)c(Cl)cc1SNc1cscn1. The highest BCUT2D eigenvalue weighted by Crippen LogP contribution is 2.43. The fraction of sp³-hybridized carbons (Fsp3) is 0.211. The van der Waals surface area contributed by atoms with E-state index in [0.717, 1.165) is 24.1 Å². The Morgan fingerprint density at radius 3 is 2.83 bits per heavy atom. The van der Waals surface area contributed by atoms with Gasteiger partial charge in [-0.05, 0) is 48.0 Å². The molecular formula is C19H13ClF4N2OS2. The van der Waals surface area contributed by atoms with Crippen LogP contribution in [0.1, 0.15) is 29.2 Å². The minimum atomic E-state index is -4.42. The lowest BCUT2D eigenvalue weighted by molar-refractivity contribution is -0.138. The second kappa shape index (κ2) is 8.04. The maximum atomic E-state index is 14.5. The van der Waals surface area contributed by atoms with Crippen LogP contribution in [0.5, 0.6) is 5.75 Å². The van der Waals surface area contributed by atoms with Crippen LogP contribution in [0.25, 0.3) is 0 Å². The molecule has 1 unspecified atom stereocenters. The normalized spacial score (nSPS) is 16.0. The molecule has 1 heterocycles. The molecule has 1 aromatic heterocycles. The maximum absolute atomic E-state index is 14.5. The average Bonchev–Trinajstić information content (AvgIpc) is 3.32. The Morgan fingerprint density at radius 1 is 1.28 bits per heavy atom. The van der Waals surface area contributed by atoms with Crippen LogP contribution in [0.15, 0.2) is 46.1 Å². The summed E-state index contributed by atoms with van der Waals surface area (Å²) in [4.78, 5) is 4.29. The van der Waals surface area contributed by atoms with Crippen LogP contribution in [-0.4, -0.2) is 4.98 Å². The molecule has 0 radical (unpaired) electrons. The fourth-order valence-corrected chi connectivity index (χ4v) is 4.70. The number of halogens is 5. The van der Waals surface area contributed by atoms with Crippen molar-refractivity contribution in [3.05, 3.63) is 68.8 Å².